The molecule has 8 heteroatoms. The Kier molecular flexibility index (Phi) is 8.62. The third-order valence-corrected chi connectivity index (χ3v) is 8.98. The van der Waals surface area contributed by atoms with Crippen LogP contribution in [0.25, 0.3) is 0 Å². The van der Waals surface area contributed by atoms with Crippen molar-refractivity contribution in [2.45, 2.75) is 88.6 Å². The lowest BCUT2D eigenvalue weighted by Crippen LogP contribution is -2.60. The van der Waals surface area contributed by atoms with Gasteiger partial charge in [-0.25, -0.2) is 0 Å². The Morgan fingerprint density at radius 1 is 1.23 bits per heavy atom. The van der Waals surface area contributed by atoms with Crippen molar-refractivity contribution in [1.82, 2.24) is 9.80 Å². The molecule has 3 fully saturated rings. The first-order chi connectivity index (χ1) is 19.0. The van der Waals surface area contributed by atoms with E-state index in [1.54, 1.807) is 17.1 Å². The van der Waals surface area contributed by atoms with Gasteiger partial charge >= 0.3 is 5.97 Å². The van der Waals surface area contributed by atoms with Gasteiger partial charge in [-0.3, -0.25) is 14.4 Å². The summed E-state index contributed by atoms with van der Waals surface area (Å²) in [5, 5.41) is 10.7. The average molecular weight is 553 g/mol. The Balaban J connectivity index is 1.84. The van der Waals surface area contributed by atoms with Gasteiger partial charge in [0.1, 0.15) is 17.6 Å². The van der Waals surface area contributed by atoms with E-state index in [9.17, 15) is 19.5 Å². The largest absolute Gasteiger partial charge is 0.465 e. The zero-order valence-corrected chi connectivity index (χ0v) is 24.3. The molecular weight excluding hydrogens is 508 g/mol. The second-order valence-corrected chi connectivity index (χ2v) is 12.2. The van der Waals surface area contributed by atoms with Gasteiger partial charge in [0, 0.05) is 12.1 Å². The van der Waals surface area contributed by atoms with Crippen LogP contribution in [0.1, 0.15) is 71.4 Å². The van der Waals surface area contributed by atoms with Gasteiger partial charge in [-0.05, 0) is 58.4 Å². The fourth-order valence-corrected chi connectivity index (χ4v) is 7.12. The number of carbonyl (C=O) groups is 3. The molecule has 6 atom stereocenters. The Labute approximate surface area is 238 Å². The molecule has 0 aromatic heterocycles. The van der Waals surface area contributed by atoms with E-state index >= 15 is 0 Å². The zero-order valence-electron chi connectivity index (χ0n) is 24.3. The van der Waals surface area contributed by atoms with Crippen molar-refractivity contribution >= 4 is 17.8 Å². The van der Waals surface area contributed by atoms with E-state index in [1.807, 2.05) is 58.0 Å². The van der Waals surface area contributed by atoms with Crippen LogP contribution in [0, 0.1) is 11.8 Å². The van der Waals surface area contributed by atoms with Crippen molar-refractivity contribution < 1.29 is 29.0 Å². The minimum absolute atomic E-state index is 0.224. The summed E-state index contributed by atoms with van der Waals surface area (Å²) < 4.78 is 12.6. The lowest BCUT2D eigenvalue weighted by atomic mass is 9.65. The Bertz CT molecular complexity index is 1130. The van der Waals surface area contributed by atoms with Crippen LogP contribution >= 0.6 is 0 Å². The van der Waals surface area contributed by atoms with Gasteiger partial charge < -0.3 is 24.4 Å². The molecule has 2 bridgehead atoms. The summed E-state index contributed by atoms with van der Waals surface area (Å²) in [7, 11) is 0. The molecule has 2 unspecified atom stereocenters. The minimum atomic E-state index is -1.21. The van der Waals surface area contributed by atoms with Gasteiger partial charge in [-0.15, -0.1) is 13.2 Å². The number of nitrogens with zero attached hydrogens (tertiary/aromatic N) is 2. The maximum absolute atomic E-state index is 14.6. The fraction of sp³-hybridized carbons (Fsp3) is 0.594. The molecule has 218 valence electrons. The molecule has 8 nitrogen and oxygen atoms in total. The molecule has 3 saturated heterocycles. The van der Waals surface area contributed by atoms with Crippen molar-refractivity contribution in [2.75, 3.05) is 19.8 Å². The number of aliphatic hydroxyl groups excluding tert-OH is 1. The quantitative estimate of drug-likeness (QED) is 0.237. The summed E-state index contributed by atoms with van der Waals surface area (Å²) in [5.41, 5.74) is -1.95. The predicted octanol–water partition coefficient (Wildman–Crippen LogP) is 4.20. The summed E-state index contributed by atoms with van der Waals surface area (Å²) in [6.07, 6.45) is 6.32. The van der Waals surface area contributed by atoms with Gasteiger partial charge in [0.05, 0.1) is 30.8 Å². The highest BCUT2D eigenvalue weighted by Crippen LogP contribution is 2.65. The molecule has 1 spiro atoms. The second-order valence-electron chi connectivity index (χ2n) is 12.2. The molecule has 0 saturated carbocycles. The number of hydrogen-bond acceptors (Lipinski definition) is 6. The number of carbonyl (C=O) groups excluding carboxylic acids is 3. The number of amides is 2. The average Bonchev–Trinajstić information content (AvgIpc) is 3.54. The number of aliphatic hydroxyl groups is 1. The summed E-state index contributed by atoms with van der Waals surface area (Å²) in [5.74, 6) is -2.80. The van der Waals surface area contributed by atoms with Crippen LogP contribution in [0.2, 0.25) is 0 Å². The monoisotopic (exact) mass is 552 g/mol. The highest BCUT2D eigenvalue weighted by atomic mass is 16.6. The minimum Gasteiger partial charge on any atom is -0.465 e. The predicted molar refractivity (Wildman–Crippen MR) is 152 cm³/mol. The molecule has 4 rings (SSSR count). The van der Waals surface area contributed by atoms with Crippen molar-refractivity contribution in [3.8, 4) is 0 Å². The van der Waals surface area contributed by atoms with Crippen molar-refractivity contribution in [1.29, 1.82) is 0 Å². The second kappa shape index (κ2) is 11.5. The van der Waals surface area contributed by atoms with Crippen molar-refractivity contribution in [3.05, 3.63) is 61.2 Å². The number of rotatable bonds is 12. The molecule has 1 N–H and O–H groups in total. The van der Waals surface area contributed by atoms with Crippen LogP contribution in [0.5, 0.6) is 0 Å². The Morgan fingerprint density at radius 3 is 2.50 bits per heavy atom. The smallest absolute Gasteiger partial charge is 0.312 e. The number of allylic oxidation sites excluding steroid dienone is 1. The summed E-state index contributed by atoms with van der Waals surface area (Å²) in [6, 6.07) is 7.41. The third kappa shape index (κ3) is 4.79. The molecule has 0 radical (unpaired) electrons. The van der Waals surface area contributed by atoms with Crippen LogP contribution in [0.4, 0.5) is 0 Å². The first-order valence-corrected chi connectivity index (χ1v) is 14.4. The van der Waals surface area contributed by atoms with Gasteiger partial charge in [-0.1, -0.05) is 49.4 Å². The van der Waals surface area contributed by atoms with Crippen LogP contribution in [0.15, 0.2) is 55.6 Å². The normalized spacial score (nSPS) is 29.7. The van der Waals surface area contributed by atoms with Crippen molar-refractivity contribution in [2.24, 2.45) is 11.8 Å². The Morgan fingerprint density at radius 2 is 1.93 bits per heavy atom. The van der Waals surface area contributed by atoms with E-state index in [2.05, 4.69) is 13.2 Å². The molecule has 40 heavy (non-hydrogen) atoms. The summed E-state index contributed by atoms with van der Waals surface area (Å²) in [4.78, 5) is 46.1. The number of fused-ring (bicyclic) bond motifs is 1. The van der Waals surface area contributed by atoms with Crippen LogP contribution in [-0.4, -0.2) is 75.2 Å². The van der Waals surface area contributed by atoms with E-state index < -0.39 is 46.6 Å². The van der Waals surface area contributed by atoms with Gasteiger partial charge in [-0.2, -0.15) is 0 Å². The molecule has 0 aliphatic carbocycles. The topological polar surface area (TPSA) is 96.4 Å². The highest BCUT2D eigenvalue weighted by Gasteiger charge is 2.79. The summed E-state index contributed by atoms with van der Waals surface area (Å²) in [6.45, 7) is 15.5. The third-order valence-electron chi connectivity index (χ3n) is 8.98. The molecule has 3 aliphatic heterocycles. The molecule has 3 heterocycles. The number of unbranched alkanes of at least 4 members (excludes halogenated alkanes) is 1. The number of likely N-dealkylation sites (tertiary alicyclic amines) is 1. The lowest BCUT2D eigenvalue weighted by Gasteiger charge is -2.43. The maximum Gasteiger partial charge on any atom is 0.312 e. The number of esters is 1. The van der Waals surface area contributed by atoms with Crippen molar-refractivity contribution in [3.63, 3.8) is 0 Å². The van der Waals surface area contributed by atoms with E-state index in [4.69, 9.17) is 9.47 Å². The van der Waals surface area contributed by atoms with Gasteiger partial charge in [0.15, 0.2) is 0 Å². The summed E-state index contributed by atoms with van der Waals surface area (Å²) >= 11 is 0. The Hall–Kier alpha value is -2.97. The first kappa shape index (κ1) is 30.0. The van der Waals surface area contributed by atoms with E-state index in [-0.39, 0.29) is 31.6 Å². The van der Waals surface area contributed by atoms with Crippen LogP contribution < -0.4 is 0 Å². The standard InChI is InChI=1S/C32H44N2O6/c1-7-10-14-20-39-29(38)25-24-27(36)34(23(21-35)22-15-12-11-13-16-22)26(28(37)33(19-8-2)30(4,5)6)32(24)18-17-31(25,9-3)40-32/h7-8,11-13,15-16,23-26,35H,1-2,9-10,14,17-21H2,3-6H3/t23-,24+,25+,26?,31-,32?/m1/s1. The van der Waals surface area contributed by atoms with Crippen LogP contribution in [0.3, 0.4) is 0 Å². The van der Waals surface area contributed by atoms with Gasteiger partial charge in [0.2, 0.25) is 11.8 Å². The fourth-order valence-electron chi connectivity index (χ4n) is 7.12. The molecule has 3 aliphatic rings. The number of hydrogen-bond donors (Lipinski definition) is 1. The SMILES string of the molecule is C=CCCCOC(=O)[C@@H]1[C@H]2C(=O)N([C@H](CO)c3ccccc3)C(C(=O)N(CC=C)C(C)(C)C)C23CC[C@@]1(CC)O3. The van der Waals surface area contributed by atoms with Crippen LogP contribution in [-0.2, 0) is 23.9 Å². The number of ether oxygens (including phenoxy) is 2. The molecule has 2 amide bonds. The van der Waals surface area contributed by atoms with E-state index in [1.165, 1.54) is 4.90 Å². The molecule has 1 aromatic carbocycles. The first-order valence-electron chi connectivity index (χ1n) is 14.4. The van der Waals surface area contributed by atoms with E-state index in [0.29, 0.717) is 37.7 Å². The molecular formula is C32H44N2O6. The number of benzene rings is 1. The zero-order chi connectivity index (χ0) is 29.3. The highest BCUT2D eigenvalue weighted by molar-refractivity contribution is 5.99. The van der Waals surface area contributed by atoms with Gasteiger partial charge in [0.25, 0.3) is 0 Å². The maximum atomic E-state index is 14.6. The molecule has 1 aromatic rings. The van der Waals surface area contributed by atoms with E-state index in [0.717, 1.165) is 0 Å². The lowest BCUT2D eigenvalue weighted by molar-refractivity contribution is -0.164.